The maximum absolute atomic E-state index is 12.2. The van der Waals surface area contributed by atoms with E-state index < -0.39 is 10.0 Å². The Bertz CT molecular complexity index is 531. The van der Waals surface area contributed by atoms with Crippen molar-refractivity contribution < 1.29 is 8.42 Å². The molecule has 0 amide bonds. The summed E-state index contributed by atoms with van der Waals surface area (Å²) in [5, 5.41) is 0. The van der Waals surface area contributed by atoms with E-state index in [-0.39, 0.29) is 11.2 Å². The minimum absolute atomic E-state index is 0.0209. The minimum atomic E-state index is -3.27. The Morgan fingerprint density at radius 3 is 2.35 bits per heavy atom. The molecule has 0 saturated heterocycles. The molecular formula is C15H24N2O2S. The highest BCUT2D eigenvalue weighted by molar-refractivity contribution is 7.88. The third-order valence-electron chi connectivity index (χ3n) is 4.42. The van der Waals surface area contributed by atoms with Crippen molar-refractivity contribution in [2.75, 3.05) is 12.3 Å². The molecule has 1 aromatic carbocycles. The number of rotatable bonds is 6. The van der Waals surface area contributed by atoms with Crippen molar-refractivity contribution in [3.05, 3.63) is 29.8 Å². The zero-order valence-electron chi connectivity index (χ0n) is 12.1. The lowest BCUT2D eigenvalue weighted by atomic mass is 9.84. The van der Waals surface area contributed by atoms with E-state index in [2.05, 4.69) is 11.6 Å². The Labute approximate surface area is 121 Å². The van der Waals surface area contributed by atoms with Crippen LogP contribution >= 0.6 is 0 Å². The van der Waals surface area contributed by atoms with Crippen LogP contribution in [0.3, 0.4) is 0 Å². The summed E-state index contributed by atoms with van der Waals surface area (Å²) in [7, 11) is -3.27. The number of benzene rings is 1. The normalized spacial score (nSPS) is 18.2. The van der Waals surface area contributed by atoms with Crippen LogP contribution in [-0.2, 0) is 15.8 Å². The maximum Gasteiger partial charge on any atom is 0.215 e. The number of nitrogens with one attached hydrogen (secondary N) is 1. The topological polar surface area (TPSA) is 72.2 Å². The molecule has 1 saturated carbocycles. The molecule has 0 aromatic heterocycles. The molecule has 4 nitrogen and oxygen atoms in total. The highest BCUT2D eigenvalue weighted by Gasteiger charge is 2.32. The first-order chi connectivity index (χ1) is 9.45. The van der Waals surface area contributed by atoms with Gasteiger partial charge in [-0.05, 0) is 42.4 Å². The van der Waals surface area contributed by atoms with Gasteiger partial charge in [-0.15, -0.1) is 0 Å². The lowest BCUT2D eigenvalue weighted by molar-refractivity contribution is 0.285. The molecule has 1 fully saturated rings. The maximum atomic E-state index is 12.2. The molecule has 0 radical (unpaired) electrons. The van der Waals surface area contributed by atoms with E-state index in [1.54, 1.807) is 24.3 Å². The third kappa shape index (κ3) is 3.96. The number of nitrogen functional groups attached to an aromatic ring is 1. The number of hydrogen-bond acceptors (Lipinski definition) is 3. The van der Waals surface area contributed by atoms with Crippen molar-refractivity contribution in [1.82, 2.24) is 4.72 Å². The van der Waals surface area contributed by atoms with Gasteiger partial charge < -0.3 is 5.73 Å². The van der Waals surface area contributed by atoms with Crippen molar-refractivity contribution in [2.45, 2.75) is 44.8 Å². The molecular weight excluding hydrogens is 272 g/mol. The van der Waals surface area contributed by atoms with E-state index in [4.69, 9.17) is 5.73 Å². The van der Waals surface area contributed by atoms with Crippen molar-refractivity contribution in [2.24, 2.45) is 5.41 Å². The average molecular weight is 296 g/mol. The van der Waals surface area contributed by atoms with E-state index in [0.29, 0.717) is 12.2 Å². The van der Waals surface area contributed by atoms with Crippen LogP contribution in [0.15, 0.2) is 24.3 Å². The molecule has 112 valence electrons. The van der Waals surface area contributed by atoms with E-state index in [1.165, 1.54) is 12.8 Å². The van der Waals surface area contributed by atoms with Crippen LogP contribution in [-0.4, -0.2) is 15.0 Å². The second-order valence-corrected chi connectivity index (χ2v) is 7.69. The fourth-order valence-electron chi connectivity index (χ4n) is 2.93. The number of nitrogens with two attached hydrogens (primary N) is 1. The van der Waals surface area contributed by atoms with Crippen molar-refractivity contribution >= 4 is 15.7 Å². The van der Waals surface area contributed by atoms with Crippen molar-refractivity contribution in [3.8, 4) is 0 Å². The second kappa shape index (κ2) is 6.14. The molecule has 3 N–H and O–H groups in total. The van der Waals surface area contributed by atoms with Crippen LogP contribution in [0, 0.1) is 5.41 Å². The van der Waals surface area contributed by atoms with Crippen LogP contribution in [0.4, 0.5) is 5.69 Å². The molecule has 0 bridgehead atoms. The summed E-state index contributed by atoms with van der Waals surface area (Å²) in [4.78, 5) is 0. The molecule has 20 heavy (non-hydrogen) atoms. The van der Waals surface area contributed by atoms with Gasteiger partial charge in [-0.2, -0.15) is 0 Å². The van der Waals surface area contributed by atoms with Gasteiger partial charge in [-0.25, -0.2) is 13.1 Å². The average Bonchev–Trinajstić information content (AvgIpc) is 2.89. The molecule has 0 atom stereocenters. The molecule has 0 aliphatic heterocycles. The van der Waals surface area contributed by atoms with Crippen molar-refractivity contribution in [3.63, 3.8) is 0 Å². The smallest absolute Gasteiger partial charge is 0.215 e. The first-order valence-corrected chi connectivity index (χ1v) is 8.92. The highest BCUT2D eigenvalue weighted by atomic mass is 32.2. The predicted molar refractivity (Wildman–Crippen MR) is 82.7 cm³/mol. The zero-order chi connectivity index (χ0) is 14.6. The zero-order valence-corrected chi connectivity index (χ0v) is 12.9. The standard InChI is InChI=1S/C15H24N2O2S/c1-2-15(9-3-4-10-15)12-17-20(18,19)11-13-5-7-14(16)8-6-13/h5-8,17H,2-4,9-12,16H2,1H3. The Morgan fingerprint density at radius 2 is 1.80 bits per heavy atom. The molecule has 0 spiro atoms. The first-order valence-electron chi connectivity index (χ1n) is 7.26. The van der Waals surface area contributed by atoms with Crippen LogP contribution in [0.5, 0.6) is 0 Å². The van der Waals surface area contributed by atoms with E-state index in [0.717, 1.165) is 24.8 Å². The lowest BCUT2D eigenvalue weighted by Crippen LogP contribution is -2.36. The van der Waals surface area contributed by atoms with Gasteiger partial charge in [0.1, 0.15) is 0 Å². The van der Waals surface area contributed by atoms with Gasteiger partial charge in [0.15, 0.2) is 0 Å². The Kier molecular flexibility index (Phi) is 4.70. The molecule has 0 unspecified atom stereocenters. The molecule has 1 aliphatic rings. The Hall–Kier alpha value is -1.07. The molecule has 5 heteroatoms. The lowest BCUT2D eigenvalue weighted by Gasteiger charge is -2.27. The van der Waals surface area contributed by atoms with Gasteiger partial charge in [0.2, 0.25) is 10.0 Å². The fourth-order valence-corrected chi connectivity index (χ4v) is 4.19. The summed E-state index contributed by atoms with van der Waals surface area (Å²) in [6, 6.07) is 6.99. The van der Waals surface area contributed by atoms with Crippen LogP contribution in [0.25, 0.3) is 0 Å². The number of sulfonamides is 1. The summed E-state index contributed by atoms with van der Waals surface area (Å²) in [6.45, 7) is 2.72. The SMILES string of the molecule is CCC1(CNS(=O)(=O)Cc2ccc(N)cc2)CCCC1. The minimum Gasteiger partial charge on any atom is -0.399 e. The van der Waals surface area contributed by atoms with Crippen molar-refractivity contribution in [1.29, 1.82) is 0 Å². The van der Waals surface area contributed by atoms with Gasteiger partial charge in [0.25, 0.3) is 0 Å². The van der Waals surface area contributed by atoms with Crippen LogP contribution in [0.2, 0.25) is 0 Å². The molecule has 2 rings (SSSR count). The third-order valence-corrected chi connectivity index (χ3v) is 5.72. The molecule has 0 heterocycles. The largest absolute Gasteiger partial charge is 0.399 e. The monoisotopic (exact) mass is 296 g/mol. The highest BCUT2D eigenvalue weighted by Crippen LogP contribution is 2.40. The quantitative estimate of drug-likeness (QED) is 0.793. The summed E-state index contributed by atoms with van der Waals surface area (Å²) in [6.07, 6.45) is 5.74. The Balaban J connectivity index is 1.95. The van der Waals surface area contributed by atoms with Gasteiger partial charge >= 0.3 is 0 Å². The van der Waals surface area contributed by atoms with Crippen LogP contribution < -0.4 is 10.5 Å². The van der Waals surface area contributed by atoms with Crippen LogP contribution in [0.1, 0.15) is 44.6 Å². The summed E-state index contributed by atoms with van der Waals surface area (Å²) < 4.78 is 27.1. The fraction of sp³-hybridized carbons (Fsp3) is 0.600. The first kappa shape index (κ1) is 15.3. The molecule has 1 aromatic rings. The summed E-state index contributed by atoms with van der Waals surface area (Å²) >= 11 is 0. The Morgan fingerprint density at radius 1 is 1.20 bits per heavy atom. The summed E-state index contributed by atoms with van der Waals surface area (Å²) in [5.41, 5.74) is 7.19. The van der Waals surface area contributed by atoms with Gasteiger partial charge in [0.05, 0.1) is 5.75 Å². The predicted octanol–water partition coefficient (Wildman–Crippen LogP) is 2.66. The second-order valence-electron chi connectivity index (χ2n) is 5.88. The molecule has 1 aliphatic carbocycles. The van der Waals surface area contributed by atoms with E-state index in [1.807, 2.05) is 0 Å². The number of anilines is 1. The van der Waals surface area contributed by atoms with E-state index in [9.17, 15) is 8.42 Å². The number of hydrogen-bond donors (Lipinski definition) is 2. The summed E-state index contributed by atoms with van der Waals surface area (Å²) in [5.74, 6) is 0.0209. The van der Waals surface area contributed by atoms with Gasteiger partial charge in [-0.1, -0.05) is 31.9 Å². The van der Waals surface area contributed by atoms with E-state index >= 15 is 0 Å². The van der Waals surface area contributed by atoms with Gasteiger partial charge in [0, 0.05) is 12.2 Å². The van der Waals surface area contributed by atoms with Gasteiger partial charge in [-0.3, -0.25) is 0 Å².